The Morgan fingerprint density at radius 3 is 2.25 bits per heavy atom. The van der Waals surface area contributed by atoms with Crippen molar-refractivity contribution in [2.75, 3.05) is 13.1 Å². The summed E-state index contributed by atoms with van der Waals surface area (Å²) in [6, 6.07) is -0.546. The van der Waals surface area contributed by atoms with Gasteiger partial charge in [0.25, 0.3) is 0 Å². The third-order valence-corrected chi connectivity index (χ3v) is 2.44. The second kappa shape index (κ2) is 5.07. The lowest BCUT2D eigenvalue weighted by atomic mass is 10.0. The van der Waals surface area contributed by atoms with Crippen molar-refractivity contribution < 1.29 is 14.4 Å². The molecule has 1 rings (SSSR count). The lowest BCUT2D eigenvalue weighted by Gasteiger charge is -2.32. The molecule has 0 aliphatic carbocycles. The molecule has 3 N–H and O–H groups in total. The Balaban J connectivity index is 2.73. The molecule has 0 bridgehead atoms. The van der Waals surface area contributed by atoms with Gasteiger partial charge in [-0.05, 0) is 12.3 Å². The van der Waals surface area contributed by atoms with Crippen molar-refractivity contribution in [3.05, 3.63) is 0 Å². The number of hydrogen-bond donors (Lipinski definition) is 2. The highest BCUT2D eigenvalue weighted by atomic mass is 16.2. The standard InChI is InChI=1S/C10H17N3O3/c1-6(2)3-7(10(11)16)13-4-8(14)12-9(15)5-13/h6-7H,3-5H2,1-2H3,(H2,11,16)(H,12,14,15). The zero-order valence-electron chi connectivity index (χ0n) is 9.53. The van der Waals surface area contributed by atoms with Crippen LogP contribution in [-0.4, -0.2) is 41.8 Å². The van der Waals surface area contributed by atoms with E-state index in [1.165, 1.54) is 4.90 Å². The highest BCUT2D eigenvalue weighted by Gasteiger charge is 2.31. The predicted molar refractivity (Wildman–Crippen MR) is 57.2 cm³/mol. The molecule has 1 saturated heterocycles. The number of nitrogens with one attached hydrogen (secondary N) is 1. The Kier molecular flexibility index (Phi) is 4.00. The number of nitrogens with two attached hydrogens (primary N) is 1. The molecule has 1 aliphatic rings. The Hall–Kier alpha value is -1.43. The van der Waals surface area contributed by atoms with Crippen molar-refractivity contribution in [1.29, 1.82) is 0 Å². The molecule has 0 radical (unpaired) electrons. The zero-order chi connectivity index (χ0) is 12.3. The second-order valence-corrected chi connectivity index (χ2v) is 4.42. The summed E-state index contributed by atoms with van der Waals surface area (Å²) >= 11 is 0. The van der Waals surface area contributed by atoms with Gasteiger partial charge in [0.1, 0.15) is 0 Å². The van der Waals surface area contributed by atoms with Gasteiger partial charge in [0.05, 0.1) is 19.1 Å². The molecule has 0 saturated carbocycles. The van der Waals surface area contributed by atoms with Crippen LogP contribution in [0.5, 0.6) is 0 Å². The van der Waals surface area contributed by atoms with E-state index < -0.39 is 11.9 Å². The number of rotatable bonds is 4. The lowest BCUT2D eigenvalue weighted by molar-refractivity contribution is -0.138. The maximum Gasteiger partial charge on any atom is 0.240 e. The van der Waals surface area contributed by atoms with Gasteiger partial charge in [-0.2, -0.15) is 0 Å². The molecule has 90 valence electrons. The number of nitrogens with zero attached hydrogens (tertiary/aromatic N) is 1. The van der Waals surface area contributed by atoms with Crippen LogP contribution in [0.25, 0.3) is 0 Å². The van der Waals surface area contributed by atoms with E-state index in [-0.39, 0.29) is 30.8 Å². The van der Waals surface area contributed by atoms with E-state index in [4.69, 9.17) is 5.73 Å². The average molecular weight is 227 g/mol. The van der Waals surface area contributed by atoms with E-state index in [1.54, 1.807) is 0 Å². The Morgan fingerprint density at radius 2 is 1.88 bits per heavy atom. The lowest BCUT2D eigenvalue weighted by Crippen LogP contribution is -2.57. The number of primary amides is 1. The van der Waals surface area contributed by atoms with Crippen LogP contribution < -0.4 is 11.1 Å². The maximum absolute atomic E-state index is 11.3. The van der Waals surface area contributed by atoms with E-state index in [0.29, 0.717) is 6.42 Å². The quantitative estimate of drug-likeness (QED) is 0.593. The molecule has 1 heterocycles. The first-order valence-corrected chi connectivity index (χ1v) is 5.26. The van der Waals surface area contributed by atoms with Crippen molar-refractivity contribution >= 4 is 17.7 Å². The zero-order valence-corrected chi connectivity index (χ0v) is 9.53. The molecule has 6 heteroatoms. The Bertz CT molecular complexity index is 298. The molecule has 6 nitrogen and oxygen atoms in total. The second-order valence-electron chi connectivity index (χ2n) is 4.42. The first-order valence-electron chi connectivity index (χ1n) is 5.26. The molecule has 16 heavy (non-hydrogen) atoms. The van der Waals surface area contributed by atoms with E-state index >= 15 is 0 Å². The number of carbonyl (C=O) groups excluding carboxylic acids is 3. The molecule has 0 aromatic rings. The summed E-state index contributed by atoms with van der Waals surface area (Å²) in [4.78, 5) is 35.2. The van der Waals surface area contributed by atoms with Gasteiger partial charge in [0.2, 0.25) is 17.7 Å². The van der Waals surface area contributed by atoms with E-state index in [0.717, 1.165) is 0 Å². The van der Waals surface area contributed by atoms with Crippen LogP contribution in [0, 0.1) is 5.92 Å². The topological polar surface area (TPSA) is 92.5 Å². The van der Waals surface area contributed by atoms with E-state index in [2.05, 4.69) is 5.32 Å². The molecule has 1 atom stereocenters. The molecule has 0 spiro atoms. The van der Waals surface area contributed by atoms with Crippen LogP contribution in [-0.2, 0) is 14.4 Å². The van der Waals surface area contributed by atoms with Gasteiger partial charge < -0.3 is 5.73 Å². The van der Waals surface area contributed by atoms with Gasteiger partial charge >= 0.3 is 0 Å². The normalized spacial score (nSPS) is 19.7. The Morgan fingerprint density at radius 1 is 1.38 bits per heavy atom. The van der Waals surface area contributed by atoms with E-state index in [1.807, 2.05) is 13.8 Å². The molecule has 0 aromatic carbocycles. The van der Waals surface area contributed by atoms with Crippen LogP contribution >= 0.6 is 0 Å². The summed E-state index contributed by atoms with van der Waals surface area (Å²) in [5, 5.41) is 2.18. The first kappa shape index (κ1) is 12.6. The molecule has 3 amide bonds. The molecule has 1 aliphatic heterocycles. The Labute approximate surface area is 94.2 Å². The van der Waals surface area contributed by atoms with Crippen LogP contribution in [0.4, 0.5) is 0 Å². The highest BCUT2D eigenvalue weighted by molar-refractivity contribution is 6.00. The smallest absolute Gasteiger partial charge is 0.240 e. The summed E-state index contributed by atoms with van der Waals surface area (Å²) in [5.74, 6) is -0.980. The predicted octanol–water partition coefficient (Wildman–Crippen LogP) is -1.16. The summed E-state index contributed by atoms with van der Waals surface area (Å²) in [6.45, 7) is 4.02. The number of carbonyl (C=O) groups is 3. The minimum atomic E-state index is -0.546. The summed E-state index contributed by atoms with van der Waals surface area (Å²) in [7, 11) is 0. The SMILES string of the molecule is CC(C)CC(C(N)=O)N1CC(=O)NC(=O)C1. The highest BCUT2D eigenvalue weighted by Crippen LogP contribution is 2.12. The van der Waals surface area contributed by atoms with Gasteiger partial charge in [-0.1, -0.05) is 13.8 Å². The van der Waals surface area contributed by atoms with Crippen LogP contribution in [0.3, 0.4) is 0 Å². The van der Waals surface area contributed by atoms with Gasteiger partial charge in [0, 0.05) is 0 Å². The first-order chi connectivity index (χ1) is 7.40. The molecule has 1 unspecified atom stereocenters. The monoisotopic (exact) mass is 227 g/mol. The van der Waals surface area contributed by atoms with Crippen LogP contribution in [0.15, 0.2) is 0 Å². The minimum absolute atomic E-state index is 0.0477. The third-order valence-electron chi connectivity index (χ3n) is 2.44. The van der Waals surface area contributed by atoms with Gasteiger partial charge in [0.15, 0.2) is 0 Å². The van der Waals surface area contributed by atoms with Crippen LogP contribution in [0.2, 0.25) is 0 Å². The molecular weight excluding hydrogens is 210 g/mol. The van der Waals surface area contributed by atoms with Crippen LogP contribution in [0.1, 0.15) is 20.3 Å². The third kappa shape index (κ3) is 3.30. The fourth-order valence-corrected chi connectivity index (χ4v) is 1.77. The molecular formula is C10H17N3O3. The van der Waals surface area contributed by atoms with Gasteiger partial charge in [-0.3, -0.25) is 24.6 Å². The number of piperazine rings is 1. The van der Waals surface area contributed by atoms with Crippen molar-refractivity contribution in [3.63, 3.8) is 0 Å². The average Bonchev–Trinajstić information content (AvgIpc) is 2.11. The van der Waals surface area contributed by atoms with Crippen molar-refractivity contribution in [2.45, 2.75) is 26.3 Å². The van der Waals surface area contributed by atoms with Crippen molar-refractivity contribution in [1.82, 2.24) is 10.2 Å². The van der Waals surface area contributed by atoms with Gasteiger partial charge in [-0.15, -0.1) is 0 Å². The van der Waals surface area contributed by atoms with Crippen molar-refractivity contribution in [2.24, 2.45) is 11.7 Å². The molecule has 1 fully saturated rings. The fraction of sp³-hybridized carbons (Fsp3) is 0.700. The van der Waals surface area contributed by atoms with Gasteiger partial charge in [-0.25, -0.2) is 0 Å². The van der Waals surface area contributed by atoms with E-state index in [9.17, 15) is 14.4 Å². The number of imide groups is 1. The summed E-state index contributed by atoms with van der Waals surface area (Å²) in [6.07, 6.45) is 0.551. The number of hydrogen-bond acceptors (Lipinski definition) is 4. The maximum atomic E-state index is 11.3. The fourth-order valence-electron chi connectivity index (χ4n) is 1.77. The minimum Gasteiger partial charge on any atom is -0.368 e. The number of amides is 3. The molecule has 0 aromatic heterocycles. The largest absolute Gasteiger partial charge is 0.368 e. The summed E-state index contributed by atoms with van der Waals surface area (Å²) < 4.78 is 0. The summed E-state index contributed by atoms with van der Waals surface area (Å²) in [5.41, 5.74) is 5.28. The van der Waals surface area contributed by atoms with Crippen molar-refractivity contribution in [3.8, 4) is 0 Å².